The van der Waals surface area contributed by atoms with Gasteiger partial charge in [0.05, 0.1) is 18.2 Å². The Morgan fingerprint density at radius 3 is 1.95 bits per heavy atom. The number of aliphatic carboxylic acids is 1. The third kappa shape index (κ3) is 13.0. The lowest BCUT2D eigenvalue weighted by molar-refractivity contribution is -0.139. The van der Waals surface area contributed by atoms with Crippen LogP contribution in [0.5, 0.6) is 5.75 Å². The van der Waals surface area contributed by atoms with Crippen LogP contribution in [-0.4, -0.2) is 116 Å². The number of hydrogen-bond donors (Lipinski definition) is 9. The maximum atomic E-state index is 14.2. The SMILES string of the molecule is C[C@@H](C(NC(=O)[C@H](Cc1ccc(F)cc1)NC(=O)N[C@@H](Cc1ccc(O)cc1)C(=O)O)C(=O)NC[C@H]1C[C@@H](O)[C@H](n2ccc(=O)[nH]c2=O)O1)N(C)C(=O)[C@@H](N)Cc1ccc(F)cc1. The number of amides is 5. The van der Waals surface area contributed by atoms with Crippen LogP contribution >= 0.6 is 0 Å². The van der Waals surface area contributed by atoms with Gasteiger partial charge in [-0.05, 0) is 66.4 Å². The van der Waals surface area contributed by atoms with Crippen LogP contribution in [0.25, 0.3) is 0 Å². The van der Waals surface area contributed by atoms with Gasteiger partial charge < -0.3 is 52.0 Å². The molecule has 1 aliphatic heterocycles. The Labute approximate surface area is 358 Å². The minimum atomic E-state index is -1.59. The van der Waals surface area contributed by atoms with Crippen LogP contribution < -0.4 is 38.2 Å². The van der Waals surface area contributed by atoms with E-state index in [1.54, 1.807) is 0 Å². The van der Waals surface area contributed by atoms with E-state index in [-0.39, 0.29) is 38.0 Å². The number of aliphatic hydroxyl groups excluding tert-OH is 1. The van der Waals surface area contributed by atoms with E-state index in [2.05, 4.69) is 26.3 Å². The topological polar surface area (TPSA) is 288 Å². The van der Waals surface area contributed by atoms with E-state index in [0.29, 0.717) is 16.7 Å². The Kier molecular flexibility index (Phi) is 15.9. The molecule has 0 aliphatic carbocycles. The number of urea groups is 1. The molecule has 1 aliphatic rings. The first-order chi connectivity index (χ1) is 29.9. The zero-order valence-corrected chi connectivity index (χ0v) is 34.1. The zero-order valence-electron chi connectivity index (χ0n) is 34.1. The van der Waals surface area contributed by atoms with Crippen LogP contribution in [0.1, 0.15) is 36.3 Å². The summed E-state index contributed by atoms with van der Waals surface area (Å²) in [7, 11) is 1.34. The van der Waals surface area contributed by atoms with Crippen LogP contribution in [0.2, 0.25) is 0 Å². The average Bonchev–Trinajstić information content (AvgIpc) is 3.62. The first-order valence-electron chi connectivity index (χ1n) is 19.7. The average molecular weight is 879 g/mol. The minimum Gasteiger partial charge on any atom is -0.508 e. The molecule has 8 atom stereocenters. The van der Waals surface area contributed by atoms with Gasteiger partial charge in [-0.15, -0.1) is 0 Å². The van der Waals surface area contributed by atoms with Gasteiger partial charge in [0, 0.05) is 45.1 Å². The predicted octanol–water partition coefficient (Wildman–Crippen LogP) is -0.207. The number of H-pyrrole nitrogens is 1. The van der Waals surface area contributed by atoms with Crippen LogP contribution in [0.15, 0.2) is 94.6 Å². The molecule has 0 spiro atoms. The molecule has 63 heavy (non-hydrogen) atoms. The number of aliphatic hydroxyl groups is 1. The Bertz CT molecular complexity index is 2360. The van der Waals surface area contributed by atoms with Crippen molar-refractivity contribution in [1.82, 2.24) is 35.7 Å². The van der Waals surface area contributed by atoms with E-state index >= 15 is 0 Å². The molecule has 0 saturated carbocycles. The number of phenolic OH excluding ortho intramolecular Hbond substituents is 1. The van der Waals surface area contributed by atoms with E-state index in [0.717, 1.165) is 33.9 Å². The van der Waals surface area contributed by atoms with Crippen molar-refractivity contribution in [3.05, 3.63) is 134 Å². The third-order valence-corrected chi connectivity index (χ3v) is 10.5. The largest absolute Gasteiger partial charge is 0.508 e. The molecular formula is C42H48F2N8O11. The number of carboxylic acids is 1. The lowest BCUT2D eigenvalue weighted by Crippen LogP contribution is -2.63. The number of nitrogens with two attached hydrogens (primary N) is 1. The molecule has 1 aromatic heterocycles. The highest BCUT2D eigenvalue weighted by Gasteiger charge is 2.39. The van der Waals surface area contributed by atoms with Crippen molar-refractivity contribution < 1.29 is 52.8 Å². The molecule has 4 aromatic rings. The van der Waals surface area contributed by atoms with Gasteiger partial charge in [-0.1, -0.05) is 36.4 Å². The van der Waals surface area contributed by atoms with Gasteiger partial charge in [0.25, 0.3) is 5.56 Å². The second kappa shape index (κ2) is 21.2. The molecule has 2 heterocycles. The Hall–Kier alpha value is -6.97. The van der Waals surface area contributed by atoms with E-state index in [4.69, 9.17) is 10.5 Å². The molecule has 1 unspecified atom stereocenters. The number of halogens is 2. The van der Waals surface area contributed by atoms with Gasteiger partial charge in [-0.25, -0.2) is 23.2 Å². The van der Waals surface area contributed by atoms with E-state index in [9.17, 15) is 57.7 Å². The monoisotopic (exact) mass is 878 g/mol. The number of ether oxygens (including phenoxy) is 1. The van der Waals surface area contributed by atoms with Crippen LogP contribution in [0.3, 0.4) is 0 Å². The van der Waals surface area contributed by atoms with Crippen LogP contribution in [0.4, 0.5) is 13.6 Å². The number of nitrogens with zero attached hydrogens (tertiary/aromatic N) is 2. The smallest absolute Gasteiger partial charge is 0.330 e. The molecule has 1 saturated heterocycles. The van der Waals surface area contributed by atoms with E-state index in [1.807, 2.05) is 0 Å². The van der Waals surface area contributed by atoms with Crippen molar-refractivity contribution in [3.63, 3.8) is 0 Å². The lowest BCUT2D eigenvalue weighted by atomic mass is 10.0. The lowest BCUT2D eigenvalue weighted by Gasteiger charge is -2.34. The van der Waals surface area contributed by atoms with Crippen molar-refractivity contribution in [3.8, 4) is 5.75 Å². The Morgan fingerprint density at radius 1 is 0.841 bits per heavy atom. The van der Waals surface area contributed by atoms with Crippen molar-refractivity contribution in [2.24, 2.45) is 5.73 Å². The standard InChI is InChI=1S/C42H48F2N8O11/c1-22(51(2)38(58)30(45)17-23-3-9-26(43)10-4-23)35(37(57)46-21-29-20-33(54)39(63-29)52-16-15-34(55)49-42(52)62)50-36(56)31(18-24-5-11-27(44)12-6-24)47-41(61)48-32(40(59)60)19-25-7-13-28(53)14-8-25/h3-16,22,29-33,35,39,53-54H,17-21,45H2,1-2H3,(H,46,57)(H,50,56)(H,59,60)(H2,47,48,61)(H,49,55,62)/t22-,29+,30-,31-,32-,33+,35?,39+/m0/s1. The molecule has 1 fully saturated rings. The minimum absolute atomic E-state index is 0.0108. The second-order valence-electron chi connectivity index (χ2n) is 15.1. The highest BCUT2D eigenvalue weighted by molar-refractivity contribution is 5.93. The fourth-order valence-electron chi connectivity index (χ4n) is 6.86. The van der Waals surface area contributed by atoms with Gasteiger partial charge in [0.15, 0.2) is 6.23 Å². The maximum absolute atomic E-state index is 14.2. The molecule has 5 amide bonds. The number of hydrogen-bond acceptors (Lipinski definition) is 11. The number of rotatable bonds is 18. The van der Waals surface area contributed by atoms with Crippen LogP contribution in [0, 0.1) is 11.6 Å². The highest BCUT2D eigenvalue weighted by atomic mass is 19.1. The summed E-state index contributed by atoms with van der Waals surface area (Å²) in [5.41, 5.74) is 6.11. The number of aromatic nitrogens is 2. The number of carbonyl (C=O) groups excluding carboxylic acids is 4. The molecular weight excluding hydrogens is 831 g/mol. The zero-order chi connectivity index (χ0) is 46.0. The number of benzene rings is 3. The fourth-order valence-corrected chi connectivity index (χ4v) is 6.86. The summed E-state index contributed by atoms with van der Waals surface area (Å²) in [5, 5.41) is 40.2. The molecule has 0 bridgehead atoms. The molecule has 5 rings (SSSR count). The number of nitrogens with one attached hydrogen (secondary N) is 5. The third-order valence-electron chi connectivity index (χ3n) is 10.5. The first-order valence-corrected chi connectivity index (χ1v) is 19.7. The summed E-state index contributed by atoms with van der Waals surface area (Å²) in [4.78, 5) is 94.7. The molecule has 10 N–H and O–H groups in total. The van der Waals surface area contributed by atoms with Crippen molar-refractivity contribution in [2.45, 2.75) is 81.3 Å². The molecule has 21 heteroatoms. The van der Waals surface area contributed by atoms with Gasteiger partial charge >= 0.3 is 17.7 Å². The summed E-state index contributed by atoms with van der Waals surface area (Å²) in [6.07, 6.45) is -2.76. The summed E-state index contributed by atoms with van der Waals surface area (Å²) in [6.45, 7) is 1.17. The summed E-state index contributed by atoms with van der Waals surface area (Å²) >= 11 is 0. The van der Waals surface area contributed by atoms with E-state index in [1.165, 1.54) is 74.6 Å². The van der Waals surface area contributed by atoms with Crippen molar-refractivity contribution in [2.75, 3.05) is 13.6 Å². The van der Waals surface area contributed by atoms with Crippen molar-refractivity contribution >= 4 is 29.7 Å². The van der Waals surface area contributed by atoms with Crippen LogP contribution in [-0.2, 0) is 43.2 Å². The quantitative estimate of drug-likeness (QED) is 0.0628. The number of aromatic amines is 1. The van der Waals surface area contributed by atoms with E-state index < -0.39 is 101 Å². The fraction of sp³-hybridized carbons (Fsp3) is 0.357. The summed E-state index contributed by atoms with van der Waals surface area (Å²) in [5.74, 6) is -5.06. The van der Waals surface area contributed by atoms with Crippen molar-refractivity contribution in [1.29, 1.82) is 0 Å². The van der Waals surface area contributed by atoms with Gasteiger partial charge in [-0.2, -0.15) is 0 Å². The number of carboxylic acid groups (broad SMARTS) is 1. The molecule has 336 valence electrons. The normalized spacial score (nSPS) is 18.2. The maximum Gasteiger partial charge on any atom is 0.330 e. The van der Waals surface area contributed by atoms with Gasteiger partial charge in [0.1, 0.15) is 41.6 Å². The van der Waals surface area contributed by atoms with Gasteiger partial charge in [-0.3, -0.25) is 28.7 Å². The first kappa shape index (κ1) is 47.1. The Balaban J connectivity index is 1.37. The molecule has 3 aromatic carbocycles. The second-order valence-corrected chi connectivity index (χ2v) is 15.1. The molecule has 19 nitrogen and oxygen atoms in total. The number of aromatic hydroxyl groups is 1. The predicted molar refractivity (Wildman–Crippen MR) is 220 cm³/mol. The van der Waals surface area contributed by atoms with Gasteiger partial charge in [0.2, 0.25) is 17.7 Å². The summed E-state index contributed by atoms with van der Waals surface area (Å²) < 4.78 is 34.2. The number of carbonyl (C=O) groups is 5. The highest BCUT2D eigenvalue weighted by Crippen LogP contribution is 2.27. The Morgan fingerprint density at radius 2 is 1.38 bits per heavy atom. The number of likely N-dealkylation sites (N-methyl/N-ethyl adjacent to an activating group) is 1. The number of phenols is 1. The molecule has 0 radical (unpaired) electrons. The summed E-state index contributed by atoms with van der Waals surface area (Å²) in [6, 6.07) is 8.90.